The number of aromatic amines is 3. The molecule has 44 heavy (non-hydrogen) atoms. The predicted octanol–water partition coefficient (Wildman–Crippen LogP) is 7.27. The van der Waals surface area contributed by atoms with Crippen molar-refractivity contribution in [3.63, 3.8) is 0 Å². The second-order valence-electron chi connectivity index (χ2n) is 8.61. The first-order valence-electron chi connectivity index (χ1n) is 14.6. The van der Waals surface area contributed by atoms with Crippen LogP contribution < -0.4 is 22.4 Å². The van der Waals surface area contributed by atoms with Gasteiger partial charge in [0.05, 0.1) is 10.8 Å². The molecule has 0 saturated heterocycles. The Morgan fingerprint density at radius 2 is 0.909 bits per heavy atom. The molecule has 0 amide bonds. The van der Waals surface area contributed by atoms with E-state index in [1.165, 1.54) is 12.4 Å². The van der Waals surface area contributed by atoms with Gasteiger partial charge in [0.1, 0.15) is 11.5 Å². The van der Waals surface area contributed by atoms with Gasteiger partial charge < -0.3 is 30.9 Å². The zero-order valence-electron chi connectivity index (χ0n) is 26.7. The average Bonchev–Trinajstić information content (AvgIpc) is 3.06. The first-order chi connectivity index (χ1) is 21.2. The van der Waals surface area contributed by atoms with Crippen molar-refractivity contribution < 1.29 is 10.2 Å². The van der Waals surface area contributed by atoms with Gasteiger partial charge in [0.25, 0.3) is 16.7 Å². The highest BCUT2D eigenvalue weighted by atomic mass is 16.3. The van der Waals surface area contributed by atoms with Gasteiger partial charge in [0, 0.05) is 45.8 Å². The summed E-state index contributed by atoms with van der Waals surface area (Å²) in [5.74, 6) is 0.321. The van der Waals surface area contributed by atoms with Crippen LogP contribution in [0.4, 0.5) is 5.69 Å². The molecule has 0 spiro atoms. The molecular weight excluding hydrogens is 556 g/mol. The number of phenols is 2. The summed E-state index contributed by atoms with van der Waals surface area (Å²) in [4.78, 5) is 41.5. The third kappa shape index (κ3) is 8.84. The molecule has 0 aliphatic heterocycles. The SMILES string of the molecule is CC.CC.CC.Cc1ccc2c(=O)[nH]ccc2c1N.Cc1ccc2c(=O)[nH]ccc2c1O.O=c1[nH]ccc2c(O)cccc12. The zero-order chi connectivity index (χ0) is 33.4. The number of hydrogen-bond donors (Lipinski definition) is 6. The molecule has 3 heterocycles. The Morgan fingerprint density at radius 3 is 1.41 bits per heavy atom. The molecule has 7 N–H and O–H groups in total. The Kier molecular flexibility index (Phi) is 15.2. The summed E-state index contributed by atoms with van der Waals surface area (Å²) in [5, 5.41) is 22.7. The Morgan fingerprint density at radius 1 is 0.500 bits per heavy atom. The highest BCUT2D eigenvalue weighted by Gasteiger charge is 2.04. The van der Waals surface area contributed by atoms with Crippen LogP contribution in [0.2, 0.25) is 0 Å². The summed E-state index contributed by atoms with van der Waals surface area (Å²) in [7, 11) is 0. The fourth-order valence-corrected chi connectivity index (χ4v) is 3.97. The van der Waals surface area contributed by atoms with E-state index < -0.39 is 0 Å². The smallest absolute Gasteiger partial charge is 0.255 e. The van der Waals surface area contributed by atoms with Crippen molar-refractivity contribution in [2.24, 2.45) is 0 Å². The maximum absolute atomic E-state index is 11.3. The number of H-pyrrole nitrogens is 3. The van der Waals surface area contributed by atoms with E-state index in [2.05, 4.69) is 15.0 Å². The fourth-order valence-electron chi connectivity index (χ4n) is 3.97. The van der Waals surface area contributed by atoms with E-state index in [0.717, 1.165) is 16.5 Å². The van der Waals surface area contributed by atoms with Crippen LogP contribution in [0.3, 0.4) is 0 Å². The average molecular weight is 601 g/mol. The largest absolute Gasteiger partial charge is 0.507 e. The summed E-state index contributed by atoms with van der Waals surface area (Å²) >= 11 is 0. The van der Waals surface area contributed by atoms with Crippen LogP contribution in [0.25, 0.3) is 32.3 Å². The Balaban J connectivity index is 0.000000304. The van der Waals surface area contributed by atoms with Crippen LogP contribution in [0, 0.1) is 13.8 Å². The van der Waals surface area contributed by atoms with E-state index in [4.69, 9.17) is 5.73 Å². The lowest BCUT2D eigenvalue weighted by molar-refractivity contribution is 0.477. The number of anilines is 1. The molecule has 9 heteroatoms. The molecule has 234 valence electrons. The maximum atomic E-state index is 11.3. The third-order valence-electron chi connectivity index (χ3n) is 6.13. The van der Waals surface area contributed by atoms with Crippen molar-refractivity contribution in [2.45, 2.75) is 55.4 Å². The number of hydrogen-bond acceptors (Lipinski definition) is 6. The number of benzene rings is 3. The number of rotatable bonds is 0. The van der Waals surface area contributed by atoms with Crippen molar-refractivity contribution in [2.75, 3.05) is 5.73 Å². The van der Waals surface area contributed by atoms with Gasteiger partial charge in [0.15, 0.2) is 0 Å². The molecule has 0 bridgehead atoms. The van der Waals surface area contributed by atoms with Gasteiger partial charge in [-0.25, -0.2) is 0 Å². The van der Waals surface area contributed by atoms with Crippen LogP contribution in [0.15, 0.2) is 93.6 Å². The van der Waals surface area contributed by atoms with Gasteiger partial charge in [0.2, 0.25) is 0 Å². The van der Waals surface area contributed by atoms with E-state index in [1.807, 2.05) is 60.6 Å². The molecular formula is C35H44N4O5. The van der Waals surface area contributed by atoms with Crippen LogP contribution in [0.5, 0.6) is 11.5 Å². The quantitative estimate of drug-likeness (QED) is 0.100. The van der Waals surface area contributed by atoms with Crippen molar-refractivity contribution in [3.05, 3.63) is 121 Å². The number of phenolic OH excluding ortho intramolecular Hbond substituents is 2. The molecule has 3 aromatic heterocycles. The Bertz CT molecular complexity index is 1860. The maximum Gasteiger partial charge on any atom is 0.255 e. The van der Waals surface area contributed by atoms with E-state index >= 15 is 0 Å². The van der Waals surface area contributed by atoms with Gasteiger partial charge >= 0.3 is 0 Å². The normalized spacial score (nSPS) is 9.45. The number of nitrogens with one attached hydrogen (secondary N) is 3. The van der Waals surface area contributed by atoms with Crippen molar-refractivity contribution in [1.29, 1.82) is 0 Å². The number of nitrogen functional groups attached to an aromatic ring is 1. The highest BCUT2D eigenvalue weighted by Crippen LogP contribution is 2.25. The van der Waals surface area contributed by atoms with Crippen molar-refractivity contribution in [1.82, 2.24) is 15.0 Å². The lowest BCUT2D eigenvalue weighted by Gasteiger charge is -2.03. The second kappa shape index (κ2) is 18.3. The number of fused-ring (bicyclic) bond motifs is 3. The van der Waals surface area contributed by atoms with Gasteiger partial charge in [-0.15, -0.1) is 0 Å². The summed E-state index contributed by atoms with van der Waals surface area (Å²) < 4.78 is 0. The van der Waals surface area contributed by atoms with E-state index in [0.29, 0.717) is 32.6 Å². The molecule has 0 fully saturated rings. The molecule has 0 aliphatic carbocycles. The Hall–Kier alpha value is -5.31. The number of pyridine rings is 3. The monoisotopic (exact) mass is 600 g/mol. The van der Waals surface area contributed by atoms with E-state index in [9.17, 15) is 24.6 Å². The molecule has 6 aromatic rings. The minimum atomic E-state index is -0.177. The number of aromatic nitrogens is 3. The molecule has 0 aliphatic rings. The van der Waals surface area contributed by atoms with Gasteiger partial charge in [-0.05, 0) is 67.4 Å². The molecule has 0 unspecified atom stereocenters. The standard InChI is InChI=1S/C10H10N2O.C10H9NO2.C9H7NO2.3C2H6/c1-6-2-3-8-7(9(6)11)4-5-12-10(8)13;1-6-2-3-8-7(9(6)12)4-5-11-10(8)13;11-8-3-1-2-7-6(8)4-5-10-9(7)12;3*1-2/h2-5H,11H2,1H3,(H,12,13);2-5,12H,1H3,(H,11,13);1-5,11H,(H,10,12);3*1-2H3. The van der Waals surface area contributed by atoms with Gasteiger partial charge in [-0.3, -0.25) is 14.4 Å². The van der Waals surface area contributed by atoms with Gasteiger partial charge in [-0.1, -0.05) is 59.7 Å². The van der Waals surface area contributed by atoms with Crippen LogP contribution in [-0.4, -0.2) is 25.2 Å². The van der Waals surface area contributed by atoms with Crippen molar-refractivity contribution >= 4 is 38.0 Å². The topological polar surface area (TPSA) is 165 Å². The fraction of sp³-hybridized carbons (Fsp3) is 0.229. The molecule has 0 saturated carbocycles. The van der Waals surface area contributed by atoms with Crippen LogP contribution in [-0.2, 0) is 0 Å². The van der Waals surface area contributed by atoms with Crippen molar-refractivity contribution in [3.8, 4) is 11.5 Å². The van der Waals surface area contributed by atoms with Crippen LogP contribution in [0.1, 0.15) is 52.7 Å². The van der Waals surface area contributed by atoms with E-state index in [-0.39, 0.29) is 28.2 Å². The first kappa shape index (κ1) is 36.7. The molecule has 9 nitrogen and oxygen atoms in total. The first-order valence-corrected chi connectivity index (χ1v) is 14.6. The summed E-state index contributed by atoms with van der Waals surface area (Å²) in [6.07, 6.45) is 4.66. The van der Waals surface area contributed by atoms with Gasteiger partial charge in [-0.2, -0.15) is 0 Å². The summed E-state index contributed by atoms with van der Waals surface area (Å²) in [6.45, 7) is 15.7. The summed E-state index contributed by atoms with van der Waals surface area (Å²) in [5.41, 5.74) is 7.85. The number of aryl methyl sites for hydroxylation is 2. The third-order valence-corrected chi connectivity index (χ3v) is 6.13. The molecule has 0 radical (unpaired) electrons. The zero-order valence-corrected chi connectivity index (χ0v) is 26.7. The minimum Gasteiger partial charge on any atom is -0.507 e. The summed E-state index contributed by atoms with van der Waals surface area (Å²) in [6, 6.07) is 17.1. The predicted molar refractivity (Wildman–Crippen MR) is 185 cm³/mol. The van der Waals surface area contributed by atoms with E-state index in [1.54, 1.807) is 61.7 Å². The molecule has 6 rings (SSSR count). The lowest BCUT2D eigenvalue weighted by atomic mass is 10.1. The second-order valence-corrected chi connectivity index (χ2v) is 8.61. The number of aromatic hydroxyl groups is 2. The highest BCUT2D eigenvalue weighted by molar-refractivity contribution is 5.93. The molecule has 0 atom stereocenters. The molecule has 3 aromatic carbocycles. The lowest BCUT2D eigenvalue weighted by Crippen LogP contribution is -2.05. The van der Waals surface area contributed by atoms with Crippen LogP contribution >= 0.6 is 0 Å². The number of nitrogens with two attached hydrogens (primary N) is 1. The minimum absolute atomic E-state index is 0.0933. The Labute approximate surface area is 257 Å².